The van der Waals surface area contributed by atoms with Crippen LogP contribution in [0.25, 0.3) is 0 Å². The summed E-state index contributed by atoms with van der Waals surface area (Å²) in [5, 5.41) is 8.40. The van der Waals surface area contributed by atoms with Crippen molar-refractivity contribution in [1.29, 1.82) is 5.26 Å². The zero-order valence-electron chi connectivity index (χ0n) is 18.3. The van der Waals surface area contributed by atoms with Gasteiger partial charge in [0.05, 0.1) is 19.1 Å². The maximum Gasteiger partial charge on any atom is 0.101 e. The fourth-order valence-corrected chi connectivity index (χ4v) is 6.16. The predicted molar refractivity (Wildman–Crippen MR) is 113 cm³/mol. The molecule has 0 heterocycles. The highest BCUT2D eigenvalue weighted by atomic mass is 31.2. The minimum Gasteiger partial charge on any atom is -0.347 e. The topological polar surface area (TPSA) is 48.7 Å². The average Bonchev–Trinajstić information content (AvgIpc) is 2.46. The lowest BCUT2D eigenvalue weighted by Crippen LogP contribution is -2.32. The van der Waals surface area contributed by atoms with Crippen molar-refractivity contribution in [3.8, 4) is 6.07 Å². The van der Waals surface area contributed by atoms with Crippen LogP contribution in [-0.2, 0) is 9.05 Å². The second-order valence-corrected chi connectivity index (χ2v) is 10.4. The van der Waals surface area contributed by atoms with Crippen molar-refractivity contribution in [2.75, 3.05) is 27.0 Å². The Morgan fingerprint density at radius 3 is 1.40 bits per heavy atom. The molecule has 7 heteroatoms. The van der Waals surface area contributed by atoms with E-state index < -0.39 is 8.30 Å². The van der Waals surface area contributed by atoms with E-state index in [-0.39, 0.29) is 8.30 Å². The molecule has 0 saturated carbocycles. The zero-order chi connectivity index (χ0) is 20.2. The summed E-state index contributed by atoms with van der Waals surface area (Å²) in [4.78, 5) is 0. The molecule has 150 valence electrons. The van der Waals surface area contributed by atoms with Crippen LogP contribution in [0.2, 0.25) is 0 Å². The molecule has 2 atom stereocenters. The lowest BCUT2D eigenvalue weighted by Gasteiger charge is -2.34. The molecule has 0 rings (SSSR count). The fraction of sp³-hybridized carbons (Fsp3) is 0.944. The lowest BCUT2D eigenvalue weighted by atomic mass is 10.3. The molecule has 5 nitrogen and oxygen atoms in total. The highest BCUT2D eigenvalue weighted by Gasteiger charge is 2.21. The Morgan fingerprint density at radius 2 is 1.16 bits per heavy atom. The summed E-state index contributed by atoms with van der Waals surface area (Å²) < 4.78 is 15.7. The Kier molecular flexibility index (Phi) is 16.7. The third-order valence-electron chi connectivity index (χ3n) is 3.52. The first-order valence-corrected chi connectivity index (χ1v) is 12.4. The predicted octanol–water partition coefficient (Wildman–Crippen LogP) is 5.67. The molecule has 0 aromatic rings. The highest BCUT2D eigenvalue weighted by Crippen LogP contribution is 2.41. The van der Waals surface area contributed by atoms with Gasteiger partial charge in [-0.15, -0.1) is 0 Å². The van der Waals surface area contributed by atoms with Gasteiger partial charge in [0.1, 0.15) is 16.6 Å². The lowest BCUT2D eigenvalue weighted by molar-refractivity contribution is 0.260. The average molecular weight is 393 g/mol. The van der Waals surface area contributed by atoms with Gasteiger partial charge < -0.3 is 9.05 Å². The molecule has 0 fully saturated rings. The van der Waals surface area contributed by atoms with Crippen LogP contribution in [0.1, 0.15) is 61.8 Å². The van der Waals surface area contributed by atoms with Gasteiger partial charge in [0, 0.05) is 31.3 Å². The van der Waals surface area contributed by atoms with Crippen LogP contribution in [-0.4, -0.2) is 60.6 Å². The Labute approximate surface area is 159 Å². The van der Waals surface area contributed by atoms with Crippen molar-refractivity contribution in [1.82, 2.24) is 9.34 Å². The summed E-state index contributed by atoms with van der Waals surface area (Å²) in [7, 11) is 0.842. The van der Waals surface area contributed by atoms with Gasteiger partial charge in [0.25, 0.3) is 0 Å². The van der Waals surface area contributed by atoms with E-state index in [4.69, 9.17) is 14.3 Å². The third-order valence-corrected chi connectivity index (χ3v) is 7.76. The molecule has 0 radical (unpaired) electrons. The molecular formula is C18H41N3O2P2. The summed E-state index contributed by atoms with van der Waals surface area (Å²) >= 11 is 0. The van der Waals surface area contributed by atoms with Gasteiger partial charge in [-0.2, -0.15) is 5.26 Å². The van der Waals surface area contributed by atoms with E-state index in [1.54, 1.807) is 7.11 Å². The van der Waals surface area contributed by atoms with Crippen molar-refractivity contribution in [2.45, 2.75) is 86.0 Å². The van der Waals surface area contributed by atoms with Gasteiger partial charge in [-0.3, -0.25) is 9.34 Å². The Morgan fingerprint density at radius 1 is 0.800 bits per heavy atom. The number of hydrogen-bond acceptors (Lipinski definition) is 5. The fourth-order valence-electron chi connectivity index (χ4n) is 2.88. The largest absolute Gasteiger partial charge is 0.347 e. The van der Waals surface area contributed by atoms with Crippen LogP contribution in [0, 0.1) is 11.3 Å². The number of rotatable bonds is 10. The first kappa shape index (κ1) is 27.4. The normalized spacial score (nSPS) is 14.2. The van der Waals surface area contributed by atoms with Crippen LogP contribution in [0.4, 0.5) is 0 Å². The van der Waals surface area contributed by atoms with Crippen LogP contribution in [0.5, 0.6) is 0 Å². The molecule has 0 aromatic heterocycles. The summed E-state index contributed by atoms with van der Waals surface area (Å²) in [5.41, 5.74) is 0. The number of nitrogens with zero attached hydrogens (tertiary/aromatic N) is 3. The van der Waals surface area contributed by atoms with E-state index in [2.05, 4.69) is 84.1 Å². The van der Waals surface area contributed by atoms with E-state index in [1.165, 1.54) is 0 Å². The van der Waals surface area contributed by atoms with Crippen molar-refractivity contribution < 1.29 is 9.05 Å². The maximum absolute atomic E-state index is 8.40. The van der Waals surface area contributed by atoms with Crippen molar-refractivity contribution >= 4 is 16.6 Å². The van der Waals surface area contributed by atoms with Crippen LogP contribution < -0.4 is 0 Å². The van der Waals surface area contributed by atoms with Crippen LogP contribution >= 0.6 is 16.6 Å². The smallest absolute Gasteiger partial charge is 0.101 e. The van der Waals surface area contributed by atoms with Crippen molar-refractivity contribution in [3.05, 3.63) is 0 Å². The molecule has 0 spiro atoms. The second-order valence-electron chi connectivity index (χ2n) is 6.99. The molecule has 0 aliphatic heterocycles. The third kappa shape index (κ3) is 12.2. The van der Waals surface area contributed by atoms with E-state index in [1.807, 2.05) is 0 Å². The molecular weight excluding hydrogens is 352 g/mol. The van der Waals surface area contributed by atoms with Crippen molar-refractivity contribution in [2.24, 2.45) is 0 Å². The van der Waals surface area contributed by atoms with E-state index in [0.717, 1.165) is 0 Å². The summed E-state index contributed by atoms with van der Waals surface area (Å²) in [6.07, 6.45) is 0.483. The van der Waals surface area contributed by atoms with Gasteiger partial charge in [0.2, 0.25) is 0 Å². The molecule has 0 aromatic carbocycles. The molecule has 0 amide bonds. The standard InChI is InChI=1S/C10H21N2OP.C8H20NOP/c1-9(2)12(10(3)4)14(5)13-8-6-7-11;1-7(2)9(8(3)4)11(6)10-5/h9-10H,6,8H2,1-5H3;7-8H,1-6H3. The summed E-state index contributed by atoms with van der Waals surface area (Å²) in [6, 6.07) is 4.22. The zero-order valence-corrected chi connectivity index (χ0v) is 20.1. The van der Waals surface area contributed by atoms with Crippen LogP contribution in [0.3, 0.4) is 0 Å². The van der Waals surface area contributed by atoms with Crippen LogP contribution in [0.15, 0.2) is 0 Å². The SMILES string of the molecule is CC(C)N(C(C)C)P(C)OCCC#N.COP(C)N(C(C)C)C(C)C. The van der Waals surface area contributed by atoms with Gasteiger partial charge in [-0.1, -0.05) is 0 Å². The quantitative estimate of drug-likeness (QED) is 0.353. The second kappa shape index (κ2) is 15.3. The minimum absolute atomic E-state index is 0.387. The molecule has 0 saturated heterocycles. The minimum atomic E-state index is -0.552. The van der Waals surface area contributed by atoms with Crippen molar-refractivity contribution in [3.63, 3.8) is 0 Å². The van der Waals surface area contributed by atoms with Gasteiger partial charge in [0.15, 0.2) is 0 Å². The summed E-state index contributed by atoms with van der Waals surface area (Å²) in [6.45, 7) is 22.3. The van der Waals surface area contributed by atoms with Gasteiger partial charge in [-0.25, -0.2) is 0 Å². The first-order chi connectivity index (χ1) is 11.5. The van der Waals surface area contributed by atoms with E-state index in [9.17, 15) is 0 Å². The molecule has 0 bridgehead atoms. The van der Waals surface area contributed by atoms with Gasteiger partial charge in [-0.05, 0) is 68.7 Å². The maximum atomic E-state index is 8.40. The van der Waals surface area contributed by atoms with Gasteiger partial charge >= 0.3 is 0 Å². The molecule has 0 aliphatic carbocycles. The molecule has 2 unspecified atom stereocenters. The Hall–Kier alpha value is 0.190. The molecule has 0 N–H and O–H groups in total. The Balaban J connectivity index is 0. The molecule has 0 aliphatic rings. The highest BCUT2D eigenvalue weighted by molar-refractivity contribution is 7.49. The first-order valence-electron chi connectivity index (χ1n) is 9.09. The molecule has 25 heavy (non-hydrogen) atoms. The summed E-state index contributed by atoms with van der Waals surface area (Å²) in [5.74, 6) is 0. The number of nitriles is 1. The van der Waals surface area contributed by atoms with E-state index >= 15 is 0 Å². The Bertz CT molecular complexity index is 345. The van der Waals surface area contributed by atoms with E-state index in [0.29, 0.717) is 37.2 Å². The number of hydrogen-bond donors (Lipinski definition) is 0. The monoisotopic (exact) mass is 393 g/mol.